The molecule has 0 spiro atoms. The van der Waals surface area contributed by atoms with Gasteiger partial charge in [-0.05, 0) is 86.6 Å². The molecule has 3 N–H and O–H groups in total. The number of benzene rings is 2. The third-order valence-corrected chi connectivity index (χ3v) is 13.4. The number of nitrogens with one attached hydrogen (secondary N) is 1. The molecule has 2 saturated carbocycles. The first-order valence-corrected chi connectivity index (χ1v) is 20.0. The van der Waals surface area contributed by atoms with Crippen LogP contribution in [0, 0.1) is 40.8 Å². The summed E-state index contributed by atoms with van der Waals surface area (Å²) in [7, 11) is 4.16. The fourth-order valence-corrected chi connectivity index (χ4v) is 9.51. The van der Waals surface area contributed by atoms with Crippen LogP contribution >= 0.6 is 0 Å². The quantitative estimate of drug-likeness (QED) is 0.198. The van der Waals surface area contributed by atoms with Crippen molar-refractivity contribution in [1.82, 2.24) is 20.2 Å². The normalized spacial score (nSPS) is 29.8. The van der Waals surface area contributed by atoms with Crippen molar-refractivity contribution in [3.8, 4) is 0 Å². The number of hydroxylamine groups is 2. The maximum absolute atomic E-state index is 15.6. The van der Waals surface area contributed by atoms with Gasteiger partial charge in [-0.25, -0.2) is 4.39 Å². The minimum atomic E-state index is -0.856. The highest BCUT2D eigenvalue weighted by Crippen LogP contribution is 2.47. The van der Waals surface area contributed by atoms with Gasteiger partial charge in [0.05, 0.1) is 19.3 Å². The van der Waals surface area contributed by atoms with Crippen LogP contribution in [0.2, 0.25) is 0 Å². The number of aliphatic hydroxyl groups is 2. The van der Waals surface area contributed by atoms with Crippen molar-refractivity contribution in [2.45, 2.75) is 123 Å². The van der Waals surface area contributed by atoms with Gasteiger partial charge in [0.2, 0.25) is 5.91 Å². The molecule has 5 rings (SSSR count). The predicted molar refractivity (Wildman–Crippen MR) is 205 cm³/mol. The molecule has 290 valence electrons. The maximum atomic E-state index is 15.6. The molecule has 9 atom stereocenters. The lowest BCUT2D eigenvalue weighted by Gasteiger charge is -2.50. The van der Waals surface area contributed by atoms with Gasteiger partial charge in [-0.1, -0.05) is 96.3 Å². The van der Waals surface area contributed by atoms with Gasteiger partial charge >= 0.3 is 0 Å². The number of rotatable bonds is 14. The number of nitrogens with zero attached hydrogens (tertiary/aromatic N) is 3. The van der Waals surface area contributed by atoms with Gasteiger partial charge in [0.15, 0.2) is 0 Å². The fourth-order valence-electron chi connectivity index (χ4n) is 9.51. The van der Waals surface area contributed by atoms with Gasteiger partial charge in [-0.3, -0.25) is 14.5 Å². The second-order valence-corrected chi connectivity index (χ2v) is 17.3. The summed E-state index contributed by atoms with van der Waals surface area (Å²) in [5.41, 5.74) is 3.04. The monoisotopic (exact) mass is 723 g/mol. The molecule has 2 aliphatic carbocycles. The Hall–Kier alpha value is -2.40. The molecule has 2 aromatic rings. The lowest BCUT2D eigenvalue weighted by molar-refractivity contribution is -0.182. The summed E-state index contributed by atoms with van der Waals surface area (Å²) in [6, 6.07) is 14.9. The molecule has 0 bridgehead atoms. The molecule has 52 heavy (non-hydrogen) atoms. The molecule has 1 unspecified atom stereocenters. The smallest absolute Gasteiger partial charge is 0.240 e. The number of amides is 1. The standard InChI is InChI=1S/C43H67FN4O4/c1-28-23-37(29(2)30(3)43(28,5)6)45-42(51)41-39(31(4)50)38(27-49)52-48(41)26-33-16-14-15-32(24-33)25-47(22-21-46(7)8)40(34-17-10-9-11-18-34)35-19-12-13-20-36(35)44/h12-16,19-20,24,28-31,34,37-41,49-50H,9-11,17-18,21-23,25-27H2,1-8H3,(H,45,51)/t28-,29+,30+,31+,37+,38+,39-,40?,41+/m1/s1. The van der Waals surface area contributed by atoms with Crippen LogP contribution in [0.3, 0.4) is 0 Å². The maximum Gasteiger partial charge on any atom is 0.240 e. The summed E-state index contributed by atoms with van der Waals surface area (Å²) in [4.78, 5) is 25.2. The van der Waals surface area contributed by atoms with Crippen molar-refractivity contribution < 1.29 is 24.2 Å². The van der Waals surface area contributed by atoms with Crippen LogP contribution in [0.4, 0.5) is 4.39 Å². The van der Waals surface area contributed by atoms with Gasteiger partial charge in [0.1, 0.15) is 18.0 Å². The lowest BCUT2D eigenvalue weighted by Crippen LogP contribution is -2.56. The minimum absolute atomic E-state index is 0.0123. The van der Waals surface area contributed by atoms with E-state index >= 15 is 4.39 Å². The molecule has 1 heterocycles. The second kappa shape index (κ2) is 17.8. The third kappa shape index (κ3) is 9.27. The highest BCUT2D eigenvalue weighted by atomic mass is 19.1. The molecule has 3 fully saturated rings. The van der Waals surface area contributed by atoms with Crippen molar-refractivity contribution in [3.63, 3.8) is 0 Å². The summed E-state index contributed by atoms with van der Waals surface area (Å²) in [6.07, 6.45) is 5.12. The topological polar surface area (TPSA) is 88.5 Å². The Bertz CT molecular complexity index is 1450. The molecule has 3 aliphatic rings. The van der Waals surface area contributed by atoms with Crippen molar-refractivity contribution in [2.24, 2.45) is 35.0 Å². The average molecular weight is 723 g/mol. The Morgan fingerprint density at radius 2 is 1.73 bits per heavy atom. The zero-order valence-corrected chi connectivity index (χ0v) is 33.1. The Morgan fingerprint density at radius 3 is 2.38 bits per heavy atom. The van der Waals surface area contributed by atoms with E-state index in [9.17, 15) is 15.0 Å². The molecule has 1 saturated heterocycles. The number of hydrogen-bond donors (Lipinski definition) is 3. The van der Waals surface area contributed by atoms with Crippen LogP contribution in [0.1, 0.15) is 103 Å². The summed E-state index contributed by atoms with van der Waals surface area (Å²) < 4.78 is 15.6. The van der Waals surface area contributed by atoms with Gasteiger partial charge in [-0.15, -0.1) is 0 Å². The number of hydrogen-bond acceptors (Lipinski definition) is 7. The van der Waals surface area contributed by atoms with Crippen LogP contribution in [0.15, 0.2) is 48.5 Å². The van der Waals surface area contributed by atoms with E-state index in [-0.39, 0.29) is 35.8 Å². The second-order valence-electron chi connectivity index (χ2n) is 17.3. The lowest BCUT2D eigenvalue weighted by atomic mass is 9.58. The van der Waals surface area contributed by atoms with Gasteiger partial charge < -0.3 is 20.4 Å². The Labute approximate surface area is 313 Å². The third-order valence-electron chi connectivity index (χ3n) is 13.4. The number of carbonyl (C=O) groups is 1. The van der Waals surface area contributed by atoms with E-state index < -0.39 is 24.2 Å². The molecule has 0 radical (unpaired) electrons. The Morgan fingerprint density at radius 1 is 1.04 bits per heavy atom. The summed E-state index contributed by atoms with van der Waals surface area (Å²) in [5, 5.41) is 26.3. The Kier molecular flexibility index (Phi) is 14.0. The first-order chi connectivity index (χ1) is 24.7. The first kappa shape index (κ1) is 40.8. The number of aliphatic hydroxyl groups excluding tert-OH is 2. The average Bonchev–Trinajstić information content (AvgIpc) is 3.49. The van der Waals surface area contributed by atoms with E-state index in [1.807, 2.05) is 24.3 Å². The molecule has 2 aromatic carbocycles. The summed E-state index contributed by atoms with van der Waals surface area (Å²) >= 11 is 0. The number of likely N-dealkylation sites (N-methyl/N-ethyl adjacent to an activating group) is 1. The van der Waals surface area contributed by atoms with Crippen LogP contribution in [0.5, 0.6) is 0 Å². The molecule has 9 heteroatoms. The molecule has 1 aliphatic heterocycles. The predicted octanol–water partition coefficient (Wildman–Crippen LogP) is 6.81. The number of halogens is 1. The molecule has 8 nitrogen and oxygen atoms in total. The fraction of sp³-hybridized carbons (Fsp3) is 0.698. The molecular weight excluding hydrogens is 655 g/mol. The van der Waals surface area contributed by atoms with Gasteiger partial charge in [-0.2, -0.15) is 5.06 Å². The zero-order chi connectivity index (χ0) is 37.7. The zero-order valence-electron chi connectivity index (χ0n) is 33.1. The molecular formula is C43H67FN4O4. The van der Waals surface area contributed by atoms with Crippen molar-refractivity contribution in [1.29, 1.82) is 0 Å². The van der Waals surface area contributed by atoms with Crippen LogP contribution < -0.4 is 5.32 Å². The van der Waals surface area contributed by atoms with E-state index in [4.69, 9.17) is 4.84 Å². The van der Waals surface area contributed by atoms with Crippen molar-refractivity contribution in [3.05, 3.63) is 71.0 Å². The van der Waals surface area contributed by atoms with E-state index in [2.05, 4.69) is 76.0 Å². The molecule has 0 aromatic heterocycles. The van der Waals surface area contributed by atoms with Crippen LogP contribution in [0.25, 0.3) is 0 Å². The van der Waals surface area contributed by atoms with Crippen LogP contribution in [-0.2, 0) is 22.7 Å². The molecule has 1 amide bonds. The van der Waals surface area contributed by atoms with E-state index in [0.717, 1.165) is 49.0 Å². The van der Waals surface area contributed by atoms with E-state index in [1.165, 1.54) is 19.3 Å². The minimum Gasteiger partial charge on any atom is -0.394 e. The largest absolute Gasteiger partial charge is 0.394 e. The number of carbonyl (C=O) groups excluding carboxylic acids is 1. The highest BCUT2D eigenvalue weighted by molar-refractivity contribution is 5.82. The summed E-state index contributed by atoms with van der Waals surface area (Å²) in [5.74, 6) is 0.642. The van der Waals surface area contributed by atoms with Gasteiger partial charge in [0, 0.05) is 43.2 Å². The summed E-state index contributed by atoms with van der Waals surface area (Å²) in [6.45, 7) is 15.5. The SMILES string of the molecule is C[C@@H]1[C@@H](NC(=O)[C@@H]2[C@H]([C@H](C)O)[C@H](CO)ON2Cc2cccc(CN(CCN(C)C)C(c3ccccc3F)C3CCCCC3)c2)C[C@@H](C)C(C)(C)[C@H]1C. The van der Waals surface area contributed by atoms with E-state index in [1.54, 1.807) is 24.1 Å². The van der Waals surface area contributed by atoms with Crippen molar-refractivity contribution in [2.75, 3.05) is 33.8 Å². The highest BCUT2D eigenvalue weighted by Gasteiger charge is 2.51. The van der Waals surface area contributed by atoms with Crippen molar-refractivity contribution >= 4 is 5.91 Å². The van der Waals surface area contributed by atoms with E-state index in [0.29, 0.717) is 36.8 Å². The van der Waals surface area contributed by atoms with Crippen LogP contribution in [-0.4, -0.2) is 89.1 Å². The Balaban J connectivity index is 1.40. The van der Waals surface area contributed by atoms with Gasteiger partial charge in [0.25, 0.3) is 0 Å². The first-order valence-electron chi connectivity index (χ1n) is 20.0.